The number of methoxy groups -OCH3 is 2. The second-order valence-corrected chi connectivity index (χ2v) is 10.1. The summed E-state index contributed by atoms with van der Waals surface area (Å²) in [7, 11) is -1.81. The summed E-state index contributed by atoms with van der Waals surface area (Å²) < 4.78 is 38.1. The van der Waals surface area contributed by atoms with Crippen LogP contribution in [0.4, 0.5) is 5.69 Å². The summed E-state index contributed by atoms with van der Waals surface area (Å²) in [5.41, 5.74) is 0.237. The normalized spacial score (nSPS) is 13.8. The highest BCUT2D eigenvalue weighted by Gasteiger charge is 2.24. The first kappa shape index (κ1) is 25.6. The maximum Gasteiger partial charge on any atom is 0.337 e. The lowest BCUT2D eigenvalue weighted by Gasteiger charge is -2.27. The predicted octanol–water partition coefficient (Wildman–Crippen LogP) is 3.41. The Kier molecular flexibility index (Phi) is 8.21. The van der Waals surface area contributed by atoms with Crippen molar-refractivity contribution < 1.29 is 32.3 Å². The van der Waals surface area contributed by atoms with Gasteiger partial charge in [-0.2, -0.15) is 0 Å². The average molecular weight is 507 g/mol. The first-order valence-electron chi connectivity index (χ1n) is 10.5. The van der Waals surface area contributed by atoms with Crippen molar-refractivity contribution >= 4 is 45.3 Å². The van der Waals surface area contributed by atoms with Crippen molar-refractivity contribution in [3.05, 3.63) is 53.1 Å². The summed E-state index contributed by atoms with van der Waals surface area (Å²) in [6.07, 6.45) is 4.72. The third-order valence-corrected chi connectivity index (χ3v) is 7.56. The molecular formula is C23H26N2O7S2. The second-order valence-electron chi connectivity index (χ2n) is 7.60. The molecule has 0 unspecified atom stereocenters. The zero-order valence-corrected chi connectivity index (χ0v) is 20.8. The van der Waals surface area contributed by atoms with E-state index in [-0.39, 0.29) is 27.6 Å². The SMILES string of the molecule is COC(=O)c1cc(NS(=O)(=O)c2ccc(SC)c(C(=O)N3CCCCC3)c2)cc(C(=O)OC)c1. The number of benzene rings is 2. The molecule has 1 aliphatic heterocycles. The molecule has 9 nitrogen and oxygen atoms in total. The Hall–Kier alpha value is -3.05. The molecule has 3 rings (SSSR count). The van der Waals surface area contributed by atoms with E-state index in [0.29, 0.717) is 23.5 Å². The number of hydrogen-bond donors (Lipinski definition) is 1. The number of likely N-dealkylation sites (tertiary alicyclic amines) is 1. The van der Waals surface area contributed by atoms with E-state index in [9.17, 15) is 22.8 Å². The maximum atomic E-state index is 13.2. The molecule has 2 aromatic rings. The summed E-state index contributed by atoms with van der Waals surface area (Å²) in [5, 5.41) is 0. The van der Waals surface area contributed by atoms with E-state index in [1.807, 2.05) is 6.26 Å². The maximum absolute atomic E-state index is 13.2. The lowest BCUT2D eigenvalue weighted by molar-refractivity contribution is 0.0598. The van der Waals surface area contributed by atoms with Crippen molar-refractivity contribution in [1.82, 2.24) is 4.90 Å². The number of nitrogens with one attached hydrogen (secondary N) is 1. The third-order valence-electron chi connectivity index (χ3n) is 5.38. The van der Waals surface area contributed by atoms with E-state index < -0.39 is 22.0 Å². The van der Waals surface area contributed by atoms with Gasteiger partial charge >= 0.3 is 11.9 Å². The standard InChI is InChI=1S/C23H26N2O7S2/c1-31-22(27)15-11-16(23(28)32-2)13-17(12-15)24-34(29,30)18-7-8-20(33-3)19(14-18)21(26)25-9-5-4-6-10-25/h7-8,11-14,24H,4-6,9-10H2,1-3H3. The zero-order valence-electron chi connectivity index (χ0n) is 19.1. The zero-order chi connectivity index (χ0) is 24.9. The van der Waals surface area contributed by atoms with Gasteiger partial charge in [0.2, 0.25) is 0 Å². The Morgan fingerprint density at radius 1 is 0.912 bits per heavy atom. The van der Waals surface area contributed by atoms with Gasteiger partial charge in [0.1, 0.15) is 0 Å². The molecule has 11 heteroatoms. The molecule has 0 radical (unpaired) electrons. The molecule has 1 aliphatic rings. The van der Waals surface area contributed by atoms with E-state index in [1.54, 1.807) is 11.0 Å². The third kappa shape index (κ3) is 5.71. The minimum atomic E-state index is -4.16. The van der Waals surface area contributed by atoms with Crippen molar-refractivity contribution in [1.29, 1.82) is 0 Å². The van der Waals surface area contributed by atoms with E-state index in [0.717, 1.165) is 19.3 Å². The lowest BCUT2D eigenvalue weighted by atomic mass is 10.1. The van der Waals surface area contributed by atoms with E-state index in [4.69, 9.17) is 0 Å². The monoisotopic (exact) mass is 506 g/mol. The quantitative estimate of drug-likeness (QED) is 0.448. The van der Waals surface area contributed by atoms with Crippen LogP contribution < -0.4 is 4.72 Å². The van der Waals surface area contributed by atoms with Gasteiger partial charge < -0.3 is 14.4 Å². The van der Waals surface area contributed by atoms with Crippen LogP contribution in [0.1, 0.15) is 50.3 Å². The van der Waals surface area contributed by atoms with Crippen LogP contribution in [0.25, 0.3) is 0 Å². The lowest BCUT2D eigenvalue weighted by Crippen LogP contribution is -2.36. The first-order valence-corrected chi connectivity index (χ1v) is 13.2. The van der Waals surface area contributed by atoms with Gasteiger partial charge in [0.15, 0.2) is 0 Å². The number of ether oxygens (including phenoxy) is 2. The highest BCUT2D eigenvalue weighted by molar-refractivity contribution is 7.98. The summed E-state index contributed by atoms with van der Waals surface area (Å²) >= 11 is 1.36. The molecule has 0 bridgehead atoms. The molecule has 0 atom stereocenters. The topological polar surface area (TPSA) is 119 Å². The largest absolute Gasteiger partial charge is 0.465 e. The van der Waals surface area contributed by atoms with Gasteiger partial charge in [-0.05, 0) is 61.9 Å². The van der Waals surface area contributed by atoms with Crippen LogP contribution in [0.15, 0.2) is 46.2 Å². The van der Waals surface area contributed by atoms with Gasteiger partial charge in [-0.25, -0.2) is 18.0 Å². The number of anilines is 1. The van der Waals surface area contributed by atoms with Crippen LogP contribution >= 0.6 is 11.8 Å². The fraction of sp³-hybridized carbons (Fsp3) is 0.348. The van der Waals surface area contributed by atoms with Gasteiger partial charge in [0, 0.05) is 18.0 Å². The smallest absolute Gasteiger partial charge is 0.337 e. The number of piperidine rings is 1. The Balaban J connectivity index is 1.98. The van der Waals surface area contributed by atoms with Crippen LogP contribution in [0, 0.1) is 0 Å². The molecule has 182 valence electrons. The van der Waals surface area contributed by atoms with Gasteiger partial charge in [-0.15, -0.1) is 11.8 Å². The number of thioether (sulfide) groups is 1. The predicted molar refractivity (Wildman–Crippen MR) is 128 cm³/mol. The summed E-state index contributed by atoms with van der Waals surface area (Å²) in [4.78, 5) is 39.4. The number of sulfonamides is 1. The second kappa shape index (κ2) is 10.9. The van der Waals surface area contributed by atoms with Crippen LogP contribution in [0.2, 0.25) is 0 Å². The molecule has 0 spiro atoms. The van der Waals surface area contributed by atoms with Gasteiger partial charge in [-0.3, -0.25) is 9.52 Å². The first-order chi connectivity index (χ1) is 16.2. The molecule has 1 fully saturated rings. The number of esters is 2. The molecule has 0 saturated carbocycles. The highest BCUT2D eigenvalue weighted by Crippen LogP contribution is 2.28. The van der Waals surface area contributed by atoms with Crippen molar-refractivity contribution in [3.8, 4) is 0 Å². The van der Waals surface area contributed by atoms with E-state index in [1.165, 1.54) is 56.3 Å². The van der Waals surface area contributed by atoms with Crippen molar-refractivity contribution in [3.63, 3.8) is 0 Å². The number of rotatable bonds is 7. The van der Waals surface area contributed by atoms with Gasteiger partial charge in [0.05, 0.1) is 41.5 Å². The minimum Gasteiger partial charge on any atom is -0.465 e. The van der Waals surface area contributed by atoms with Crippen molar-refractivity contribution in [2.24, 2.45) is 0 Å². The molecule has 0 aromatic heterocycles. The van der Waals surface area contributed by atoms with Crippen LogP contribution in [0.5, 0.6) is 0 Å². The van der Waals surface area contributed by atoms with Crippen LogP contribution in [-0.2, 0) is 19.5 Å². The molecule has 2 aromatic carbocycles. The number of nitrogens with zero attached hydrogens (tertiary/aromatic N) is 1. The van der Waals surface area contributed by atoms with Crippen LogP contribution in [0.3, 0.4) is 0 Å². The Morgan fingerprint density at radius 2 is 1.50 bits per heavy atom. The fourth-order valence-corrected chi connectivity index (χ4v) is 5.30. The molecule has 1 amide bonds. The minimum absolute atomic E-state index is 0.0261. The summed E-state index contributed by atoms with van der Waals surface area (Å²) in [5.74, 6) is -1.70. The summed E-state index contributed by atoms with van der Waals surface area (Å²) in [6.45, 7) is 1.27. The van der Waals surface area contributed by atoms with Crippen molar-refractivity contribution in [2.75, 3.05) is 38.3 Å². The molecule has 1 saturated heterocycles. The van der Waals surface area contributed by atoms with E-state index >= 15 is 0 Å². The average Bonchev–Trinajstić information content (AvgIpc) is 2.86. The molecule has 1 heterocycles. The number of carbonyl (C=O) groups is 3. The van der Waals surface area contributed by atoms with Gasteiger partial charge in [0.25, 0.3) is 15.9 Å². The number of carbonyl (C=O) groups excluding carboxylic acids is 3. The van der Waals surface area contributed by atoms with Crippen molar-refractivity contribution in [2.45, 2.75) is 29.1 Å². The van der Waals surface area contributed by atoms with Crippen LogP contribution in [-0.4, -0.2) is 64.7 Å². The number of hydrogen-bond acceptors (Lipinski definition) is 8. The molecular weight excluding hydrogens is 480 g/mol. The fourth-order valence-electron chi connectivity index (χ4n) is 3.66. The molecule has 1 N–H and O–H groups in total. The summed E-state index contributed by atoms with van der Waals surface area (Å²) in [6, 6.07) is 8.13. The van der Waals surface area contributed by atoms with E-state index in [2.05, 4.69) is 14.2 Å². The highest BCUT2D eigenvalue weighted by atomic mass is 32.2. The number of amides is 1. The van der Waals surface area contributed by atoms with Gasteiger partial charge in [-0.1, -0.05) is 0 Å². The Labute approximate surface area is 202 Å². The Bertz CT molecular complexity index is 1170. The molecule has 0 aliphatic carbocycles. The Morgan fingerprint density at radius 3 is 2.03 bits per heavy atom. The molecule has 34 heavy (non-hydrogen) atoms.